The van der Waals surface area contributed by atoms with Crippen molar-refractivity contribution in [1.29, 1.82) is 0 Å². The van der Waals surface area contributed by atoms with Gasteiger partial charge in [-0.3, -0.25) is 5.32 Å². The molecule has 172 valence electrons. The number of rotatable bonds is 3. The molecule has 2 aromatic heterocycles. The molecule has 2 aliphatic heterocycles. The van der Waals surface area contributed by atoms with Crippen LogP contribution >= 0.6 is 0 Å². The third-order valence-corrected chi connectivity index (χ3v) is 5.97. The van der Waals surface area contributed by atoms with Crippen LogP contribution in [0.5, 0.6) is 5.88 Å². The van der Waals surface area contributed by atoms with Crippen molar-refractivity contribution in [3.63, 3.8) is 0 Å². The molecule has 1 saturated heterocycles. The molecule has 0 spiro atoms. The average molecular weight is 452 g/mol. The lowest BCUT2D eigenvalue weighted by Gasteiger charge is -2.23. The first-order valence-corrected chi connectivity index (χ1v) is 10.9. The highest BCUT2D eigenvalue weighted by Gasteiger charge is 2.21. The van der Waals surface area contributed by atoms with Crippen LogP contribution in [0.3, 0.4) is 0 Å². The molecule has 10 heteroatoms. The number of carbonyl (C=O) groups excluding carboxylic acids is 1. The highest BCUT2D eigenvalue weighted by atomic mass is 19.1. The summed E-state index contributed by atoms with van der Waals surface area (Å²) in [6.07, 6.45) is 4.83. The maximum absolute atomic E-state index is 15.3. The number of hydrogen-bond acceptors (Lipinski definition) is 7. The van der Waals surface area contributed by atoms with Crippen molar-refractivity contribution in [3.05, 3.63) is 35.9 Å². The zero-order valence-electron chi connectivity index (χ0n) is 18.2. The predicted octanol–water partition coefficient (Wildman–Crippen LogP) is 3.43. The number of carbonyl (C=O) groups is 1. The highest BCUT2D eigenvalue weighted by molar-refractivity contribution is 6.00. The normalized spacial score (nSPS) is 17.6. The number of benzene rings is 1. The first-order valence-electron chi connectivity index (χ1n) is 10.9. The Hall–Kier alpha value is -3.66. The third-order valence-electron chi connectivity index (χ3n) is 5.97. The molecular formula is C23H25FN6O3. The molecule has 2 aliphatic rings. The van der Waals surface area contributed by atoms with Gasteiger partial charge < -0.3 is 25.8 Å². The molecule has 3 aromatic rings. The molecule has 1 aromatic carbocycles. The Morgan fingerprint density at radius 1 is 1.24 bits per heavy atom. The van der Waals surface area contributed by atoms with Gasteiger partial charge in [0, 0.05) is 42.1 Å². The number of nitrogens with zero attached hydrogens (tertiary/aromatic N) is 2. The van der Waals surface area contributed by atoms with Gasteiger partial charge >= 0.3 is 6.03 Å². The van der Waals surface area contributed by atoms with E-state index in [1.165, 1.54) is 6.20 Å². The van der Waals surface area contributed by atoms with Gasteiger partial charge in [0.25, 0.3) is 0 Å². The maximum Gasteiger partial charge on any atom is 0.320 e. The Morgan fingerprint density at radius 3 is 2.94 bits per heavy atom. The highest BCUT2D eigenvalue weighted by Crippen LogP contribution is 2.39. The number of amides is 2. The minimum absolute atomic E-state index is 0.00770. The van der Waals surface area contributed by atoms with E-state index in [1.54, 1.807) is 18.3 Å². The Morgan fingerprint density at radius 2 is 2.12 bits per heavy atom. The van der Waals surface area contributed by atoms with Gasteiger partial charge in [0.1, 0.15) is 18.1 Å². The molecule has 33 heavy (non-hydrogen) atoms. The number of urea groups is 1. The van der Waals surface area contributed by atoms with E-state index in [4.69, 9.17) is 15.2 Å². The summed E-state index contributed by atoms with van der Waals surface area (Å²) in [6.45, 7) is 4.27. The Kier molecular flexibility index (Phi) is 5.59. The van der Waals surface area contributed by atoms with E-state index in [0.717, 1.165) is 24.1 Å². The fraction of sp³-hybridized carbons (Fsp3) is 0.348. The first kappa shape index (κ1) is 21.2. The zero-order chi connectivity index (χ0) is 22.9. The number of halogens is 1. The van der Waals surface area contributed by atoms with Gasteiger partial charge in [-0.15, -0.1) is 0 Å². The molecular weight excluding hydrogens is 427 g/mol. The third kappa shape index (κ3) is 4.09. The van der Waals surface area contributed by atoms with Crippen molar-refractivity contribution in [2.24, 2.45) is 0 Å². The molecule has 9 nitrogen and oxygen atoms in total. The summed E-state index contributed by atoms with van der Waals surface area (Å²) >= 11 is 0. The summed E-state index contributed by atoms with van der Waals surface area (Å²) in [5.74, 6) is 0.299. The second kappa shape index (κ2) is 8.70. The number of fused-ring (bicyclic) bond motifs is 2. The Balaban J connectivity index is 1.47. The van der Waals surface area contributed by atoms with Gasteiger partial charge in [-0.2, -0.15) is 0 Å². The summed E-state index contributed by atoms with van der Waals surface area (Å²) in [5, 5.41) is 10.00. The van der Waals surface area contributed by atoms with Gasteiger partial charge in [0.05, 0.1) is 18.3 Å². The molecule has 5 rings (SSSR count). The van der Waals surface area contributed by atoms with Gasteiger partial charge in [-0.25, -0.2) is 19.2 Å². The van der Waals surface area contributed by atoms with Crippen LogP contribution in [-0.4, -0.2) is 48.4 Å². The summed E-state index contributed by atoms with van der Waals surface area (Å²) in [5.41, 5.74) is 8.62. The van der Waals surface area contributed by atoms with Crippen LogP contribution < -0.4 is 26.4 Å². The second-order valence-electron chi connectivity index (χ2n) is 8.21. The molecule has 0 radical (unpaired) electrons. The number of ether oxygens (including phenoxy) is 2. The van der Waals surface area contributed by atoms with Crippen molar-refractivity contribution < 1.29 is 18.7 Å². The quantitative estimate of drug-likeness (QED) is 0.449. The number of anilines is 3. The van der Waals surface area contributed by atoms with Crippen LogP contribution in [0.25, 0.3) is 21.9 Å². The molecule has 1 atom stereocenters. The standard InChI is InChI=1S/C23H25FN6O3/c1-12-16(9-28-22-21(12)26-4-6-33-22)15-7-13-8-18(27-10-17(13)20(25)19(15)24)30-23(31)29-14-3-2-5-32-11-14/h7-10,14,26H,2-6,11,25H2,1H3,(H2,27,29,30,31)/t14-/m0/s1. The number of nitrogens with one attached hydrogen (secondary N) is 3. The molecule has 0 unspecified atom stereocenters. The summed E-state index contributed by atoms with van der Waals surface area (Å²) in [7, 11) is 0. The van der Waals surface area contributed by atoms with Gasteiger partial charge in [0.15, 0.2) is 5.82 Å². The molecule has 0 saturated carbocycles. The Labute approximate surface area is 189 Å². The smallest absolute Gasteiger partial charge is 0.320 e. The monoisotopic (exact) mass is 452 g/mol. The molecule has 2 amide bonds. The largest absolute Gasteiger partial charge is 0.474 e. The van der Waals surface area contributed by atoms with Crippen LogP contribution in [0.1, 0.15) is 18.4 Å². The van der Waals surface area contributed by atoms with Gasteiger partial charge in [-0.1, -0.05) is 0 Å². The van der Waals surface area contributed by atoms with Crippen LogP contribution in [0.2, 0.25) is 0 Å². The lowest BCUT2D eigenvalue weighted by atomic mass is 9.97. The van der Waals surface area contributed by atoms with Crippen LogP contribution in [0.4, 0.5) is 26.4 Å². The zero-order valence-corrected chi connectivity index (χ0v) is 18.2. The lowest BCUT2D eigenvalue weighted by Crippen LogP contribution is -2.42. The van der Waals surface area contributed by atoms with Crippen LogP contribution in [-0.2, 0) is 4.74 Å². The number of pyridine rings is 2. The van der Waals surface area contributed by atoms with E-state index < -0.39 is 5.82 Å². The van der Waals surface area contributed by atoms with E-state index in [0.29, 0.717) is 60.0 Å². The van der Waals surface area contributed by atoms with Crippen molar-refractivity contribution in [1.82, 2.24) is 15.3 Å². The summed E-state index contributed by atoms with van der Waals surface area (Å²) in [4.78, 5) is 20.9. The average Bonchev–Trinajstić information content (AvgIpc) is 2.82. The Bertz CT molecular complexity index is 1230. The second-order valence-corrected chi connectivity index (χ2v) is 8.21. The molecule has 0 aliphatic carbocycles. The predicted molar refractivity (Wildman–Crippen MR) is 124 cm³/mol. The number of hydrogen-bond donors (Lipinski definition) is 4. The number of nitrogen functional groups attached to an aromatic ring is 1. The fourth-order valence-electron chi connectivity index (χ4n) is 4.25. The topological polar surface area (TPSA) is 123 Å². The van der Waals surface area contributed by atoms with E-state index >= 15 is 4.39 Å². The van der Waals surface area contributed by atoms with Crippen molar-refractivity contribution in [3.8, 4) is 17.0 Å². The molecule has 4 heterocycles. The van der Waals surface area contributed by atoms with Gasteiger partial charge in [-0.05, 0) is 42.8 Å². The van der Waals surface area contributed by atoms with Crippen molar-refractivity contribution >= 4 is 34.0 Å². The van der Waals surface area contributed by atoms with Crippen molar-refractivity contribution in [2.45, 2.75) is 25.8 Å². The maximum atomic E-state index is 15.3. The number of nitrogens with two attached hydrogens (primary N) is 1. The van der Waals surface area contributed by atoms with E-state index in [-0.39, 0.29) is 17.8 Å². The summed E-state index contributed by atoms with van der Waals surface area (Å²) in [6, 6.07) is 2.97. The molecule has 0 bridgehead atoms. The minimum Gasteiger partial charge on any atom is -0.474 e. The SMILES string of the molecule is Cc1c(-c2cc3cc(NC(=O)N[C@H]4CCCOC4)ncc3c(N)c2F)cnc2c1NCCO2. The van der Waals surface area contributed by atoms with Crippen LogP contribution in [0.15, 0.2) is 24.5 Å². The van der Waals surface area contributed by atoms with Gasteiger partial charge in [0.2, 0.25) is 5.88 Å². The molecule has 1 fully saturated rings. The van der Waals surface area contributed by atoms with Crippen molar-refractivity contribution in [2.75, 3.05) is 42.7 Å². The number of aromatic nitrogens is 2. The first-order chi connectivity index (χ1) is 16.0. The lowest BCUT2D eigenvalue weighted by molar-refractivity contribution is 0.0739. The minimum atomic E-state index is -0.540. The summed E-state index contributed by atoms with van der Waals surface area (Å²) < 4.78 is 26.2. The molecule has 5 N–H and O–H groups in total. The van der Waals surface area contributed by atoms with E-state index in [9.17, 15) is 4.79 Å². The van der Waals surface area contributed by atoms with Crippen LogP contribution in [0, 0.1) is 12.7 Å². The van der Waals surface area contributed by atoms with E-state index in [1.807, 2.05) is 6.92 Å². The van der Waals surface area contributed by atoms with E-state index in [2.05, 4.69) is 25.9 Å². The fourth-order valence-corrected chi connectivity index (χ4v) is 4.25.